The zero-order valence-electron chi connectivity index (χ0n) is 14.4. The maximum absolute atomic E-state index is 12.5. The predicted octanol–water partition coefficient (Wildman–Crippen LogP) is 3.38. The predicted molar refractivity (Wildman–Crippen MR) is 96.5 cm³/mol. The normalized spacial score (nSPS) is 25.2. The maximum Gasteiger partial charge on any atom is 0.355 e. The Labute approximate surface area is 155 Å². The zero-order chi connectivity index (χ0) is 18.4. The Morgan fingerprint density at radius 1 is 0.741 bits per heavy atom. The smallest absolute Gasteiger partial charge is 0.355 e. The van der Waals surface area contributed by atoms with E-state index in [-0.39, 0.29) is 11.8 Å². The molecule has 2 bridgehead atoms. The number of aromatic nitrogens is 2. The second-order valence-corrected chi connectivity index (χ2v) is 6.99. The summed E-state index contributed by atoms with van der Waals surface area (Å²) in [5.41, 5.74) is 3.14. The fourth-order valence-corrected chi connectivity index (χ4v) is 4.38. The van der Waals surface area contributed by atoms with Crippen molar-refractivity contribution in [3.05, 3.63) is 83.4 Å². The molecule has 6 nitrogen and oxygen atoms in total. The van der Waals surface area contributed by atoms with Crippen LogP contribution in [0.2, 0.25) is 0 Å². The molecule has 1 aromatic carbocycles. The summed E-state index contributed by atoms with van der Waals surface area (Å²) in [6.45, 7) is 0. The number of carbonyl (C=O) groups is 2. The van der Waals surface area contributed by atoms with Gasteiger partial charge in [0.1, 0.15) is 23.6 Å². The molecule has 1 saturated carbocycles. The molecule has 0 spiro atoms. The van der Waals surface area contributed by atoms with Crippen LogP contribution in [0.25, 0.3) is 0 Å². The molecule has 4 unspecified atom stereocenters. The van der Waals surface area contributed by atoms with E-state index in [0.29, 0.717) is 11.4 Å². The third-order valence-electron chi connectivity index (χ3n) is 5.54. The zero-order valence-corrected chi connectivity index (χ0v) is 14.4. The minimum absolute atomic E-state index is 0.0338. The summed E-state index contributed by atoms with van der Waals surface area (Å²) in [5, 5.41) is 0. The van der Waals surface area contributed by atoms with Gasteiger partial charge in [-0.1, -0.05) is 24.3 Å². The summed E-state index contributed by atoms with van der Waals surface area (Å²) in [7, 11) is 0. The highest BCUT2D eigenvalue weighted by Gasteiger charge is 2.55. The lowest BCUT2D eigenvalue weighted by atomic mass is 9.87. The minimum atomic E-state index is -0.500. The van der Waals surface area contributed by atoms with E-state index < -0.39 is 24.1 Å². The van der Waals surface area contributed by atoms with Gasteiger partial charge in [0.2, 0.25) is 0 Å². The largest absolute Gasteiger partial charge is 0.453 e. The Morgan fingerprint density at radius 3 is 1.63 bits per heavy atom. The van der Waals surface area contributed by atoms with Crippen LogP contribution in [-0.4, -0.2) is 34.1 Å². The number of ether oxygens (including phenoxy) is 2. The van der Waals surface area contributed by atoms with Gasteiger partial charge in [0.15, 0.2) is 0 Å². The molecule has 2 aliphatic carbocycles. The Bertz CT molecular complexity index is 898. The summed E-state index contributed by atoms with van der Waals surface area (Å²) in [6.07, 6.45) is 3.16. The van der Waals surface area contributed by atoms with Crippen molar-refractivity contribution in [1.29, 1.82) is 0 Å². The highest BCUT2D eigenvalue weighted by molar-refractivity contribution is 5.88. The number of nitrogens with one attached hydrogen (secondary N) is 2. The molecule has 3 aromatic rings. The van der Waals surface area contributed by atoms with E-state index in [1.54, 1.807) is 36.7 Å². The summed E-state index contributed by atoms with van der Waals surface area (Å²) >= 11 is 0. The molecule has 4 atom stereocenters. The molecule has 0 radical (unpaired) electrons. The molecule has 136 valence electrons. The van der Waals surface area contributed by atoms with E-state index in [4.69, 9.17) is 9.47 Å². The van der Waals surface area contributed by atoms with E-state index in [9.17, 15) is 9.59 Å². The molecular weight excluding hydrogens is 344 g/mol. The number of rotatable bonds is 4. The monoisotopic (exact) mass is 362 g/mol. The first-order chi connectivity index (χ1) is 13.2. The van der Waals surface area contributed by atoms with Crippen molar-refractivity contribution in [3.8, 4) is 0 Å². The number of aromatic amines is 2. The summed E-state index contributed by atoms with van der Waals surface area (Å²) < 4.78 is 11.6. The lowest BCUT2D eigenvalue weighted by molar-refractivity contribution is -0.0353. The van der Waals surface area contributed by atoms with Gasteiger partial charge in [-0.3, -0.25) is 0 Å². The van der Waals surface area contributed by atoms with Crippen molar-refractivity contribution in [2.24, 2.45) is 0 Å². The van der Waals surface area contributed by atoms with Crippen molar-refractivity contribution < 1.29 is 19.1 Å². The molecule has 0 aliphatic heterocycles. The van der Waals surface area contributed by atoms with Crippen molar-refractivity contribution >= 4 is 11.9 Å². The topological polar surface area (TPSA) is 84.2 Å². The van der Waals surface area contributed by atoms with Crippen LogP contribution in [0.1, 0.15) is 50.4 Å². The molecule has 5 rings (SSSR count). The van der Waals surface area contributed by atoms with Crippen LogP contribution < -0.4 is 0 Å². The standard InChI is InChI=1S/C21H18N2O4/c24-20(16-7-3-9-22-16)26-18-14-11-15(13-6-2-1-5-12(13)14)19(18)27-21(25)17-8-4-10-23-17/h1-10,14-15,18-19,22-23H,11H2. The number of benzene rings is 1. The van der Waals surface area contributed by atoms with E-state index >= 15 is 0 Å². The fourth-order valence-electron chi connectivity index (χ4n) is 4.38. The molecule has 6 heteroatoms. The molecule has 2 aliphatic rings. The lowest BCUT2D eigenvalue weighted by Crippen LogP contribution is -2.39. The van der Waals surface area contributed by atoms with Crippen molar-refractivity contribution in [3.63, 3.8) is 0 Å². The number of hydrogen-bond donors (Lipinski definition) is 2. The summed E-state index contributed by atoms with van der Waals surface area (Å²) in [6, 6.07) is 14.9. The maximum atomic E-state index is 12.5. The third-order valence-corrected chi connectivity index (χ3v) is 5.54. The molecule has 2 N–H and O–H groups in total. The van der Waals surface area contributed by atoms with E-state index in [0.717, 1.165) is 6.42 Å². The van der Waals surface area contributed by atoms with Crippen LogP contribution in [-0.2, 0) is 9.47 Å². The van der Waals surface area contributed by atoms with Gasteiger partial charge < -0.3 is 19.4 Å². The molecule has 1 fully saturated rings. The van der Waals surface area contributed by atoms with E-state index in [1.807, 2.05) is 12.1 Å². The van der Waals surface area contributed by atoms with Gasteiger partial charge >= 0.3 is 11.9 Å². The molecular formula is C21H18N2O4. The van der Waals surface area contributed by atoms with Crippen LogP contribution in [0.5, 0.6) is 0 Å². The molecule has 0 amide bonds. The first kappa shape index (κ1) is 15.9. The number of carbonyl (C=O) groups excluding carboxylic acids is 2. The average Bonchev–Trinajstić information content (AvgIpc) is 3.46. The van der Waals surface area contributed by atoms with Crippen LogP contribution in [0.3, 0.4) is 0 Å². The first-order valence-electron chi connectivity index (χ1n) is 9.00. The molecule has 0 saturated heterocycles. The first-order valence-corrected chi connectivity index (χ1v) is 9.00. The van der Waals surface area contributed by atoms with Crippen molar-refractivity contribution in [2.75, 3.05) is 0 Å². The van der Waals surface area contributed by atoms with Gasteiger partial charge in [-0.05, 0) is 41.8 Å². The SMILES string of the molecule is O=C(OC1C2CC(c3ccccc32)C1OC(=O)c1ccc[nH]1)c1ccc[nH]1. The quantitative estimate of drug-likeness (QED) is 0.697. The van der Waals surface area contributed by atoms with Crippen LogP contribution in [0.4, 0.5) is 0 Å². The van der Waals surface area contributed by atoms with Crippen LogP contribution in [0.15, 0.2) is 60.9 Å². The summed E-state index contributed by atoms with van der Waals surface area (Å²) in [5.74, 6) is -0.801. The highest BCUT2D eigenvalue weighted by Crippen LogP contribution is 2.55. The second kappa shape index (κ2) is 6.16. The Hall–Kier alpha value is -3.28. The van der Waals surface area contributed by atoms with Crippen LogP contribution >= 0.6 is 0 Å². The van der Waals surface area contributed by atoms with Gasteiger partial charge in [-0.25, -0.2) is 9.59 Å². The van der Waals surface area contributed by atoms with Crippen molar-refractivity contribution in [1.82, 2.24) is 9.97 Å². The van der Waals surface area contributed by atoms with E-state index in [1.165, 1.54) is 11.1 Å². The Morgan fingerprint density at radius 2 is 1.22 bits per heavy atom. The van der Waals surface area contributed by atoms with Gasteiger partial charge in [0.25, 0.3) is 0 Å². The van der Waals surface area contributed by atoms with E-state index in [2.05, 4.69) is 22.1 Å². The highest BCUT2D eigenvalue weighted by atomic mass is 16.6. The lowest BCUT2D eigenvalue weighted by Gasteiger charge is -2.31. The Kier molecular flexibility index (Phi) is 3.63. The van der Waals surface area contributed by atoms with Gasteiger partial charge in [0, 0.05) is 24.2 Å². The second-order valence-electron chi connectivity index (χ2n) is 6.99. The summed E-state index contributed by atoms with van der Waals surface area (Å²) in [4.78, 5) is 30.7. The minimum Gasteiger partial charge on any atom is -0.453 e. The number of fused-ring (bicyclic) bond motifs is 5. The number of esters is 2. The van der Waals surface area contributed by atoms with Crippen molar-refractivity contribution in [2.45, 2.75) is 30.5 Å². The molecule has 2 heterocycles. The molecule has 2 aromatic heterocycles. The Balaban J connectivity index is 1.45. The average molecular weight is 362 g/mol. The number of H-pyrrole nitrogens is 2. The molecule has 27 heavy (non-hydrogen) atoms. The van der Waals surface area contributed by atoms with Gasteiger partial charge in [-0.2, -0.15) is 0 Å². The van der Waals surface area contributed by atoms with Gasteiger partial charge in [-0.15, -0.1) is 0 Å². The van der Waals surface area contributed by atoms with Crippen LogP contribution in [0, 0.1) is 0 Å². The third kappa shape index (κ3) is 2.56. The number of hydrogen-bond acceptors (Lipinski definition) is 4. The fraction of sp³-hybridized carbons (Fsp3) is 0.238. The van der Waals surface area contributed by atoms with Gasteiger partial charge in [0.05, 0.1) is 0 Å².